The molecule has 1 unspecified atom stereocenters. The maximum Gasteiger partial charge on any atom is -0.00434 e. The summed E-state index contributed by atoms with van der Waals surface area (Å²) >= 11 is 0. The van der Waals surface area contributed by atoms with Gasteiger partial charge in [0.2, 0.25) is 0 Å². The number of hydrogen-bond donors (Lipinski definition) is 1. The molecule has 1 nitrogen and oxygen atoms in total. The quantitative estimate of drug-likeness (QED) is 0.164. The number of nitrogens with one attached hydrogen (secondary N) is 1. The summed E-state index contributed by atoms with van der Waals surface area (Å²) in [5.74, 6) is 0.666. The Hall–Kier alpha value is -2.64. The molecule has 0 aliphatic rings. The van der Waals surface area contributed by atoms with E-state index in [-0.39, 0.29) is 0 Å². The van der Waals surface area contributed by atoms with Crippen LogP contribution in [0.2, 0.25) is 0 Å². The molecule has 0 aliphatic carbocycles. The first-order valence-electron chi connectivity index (χ1n) is 18.1. The van der Waals surface area contributed by atoms with Crippen LogP contribution < -0.4 is 5.32 Å². The van der Waals surface area contributed by atoms with Gasteiger partial charge in [-0.15, -0.1) is 0 Å². The van der Waals surface area contributed by atoms with E-state index >= 15 is 0 Å². The number of hydrogen-bond acceptors (Lipinski definition) is 1. The standard InChI is InChI=1S/C10H14.C9H19N.C8H10.C5H10.C5H8.C4H10.2C2H6/c1-3-4-10-7-5-9(2)6-8-10;1-5-10-7-6-9(4)8(2)3;1-7-3-5-8(2)6-4-7;2*1-4-5(2)3;1-3-4-2;2*1-2/h5-8H,3-4H2,1-2H3;9-10H,2,5-7H2,1,3-4H3;3-6H,1-2H3;4H,1-3H3;4H,1-2H2,3H3;3-4H2,1-2H3;2*1-2H3. The van der Waals surface area contributed by atoms with Gasteiger partial charge in [0.05, 0.1) is 0 Å². The molecule has 0 bridgehead atoms. The first kappa shape index (κ1) is 55.7. The highest BCUT2D eigenvalue weighted by atomic mass is 14.8. The smallest absolute Gasteiger partial charge is 0.00434 e. The Labute approximate surface area is 292 Å². The summed E-state index contributed by atoms with van der Waals surface area (Å²) in [6.45, 7) is 48.6. The molecule has 1 atom stereocenters. The summed E-state index contributed by atoms with van der Waals surface area (Å²) < 4.78 is 0. The Bertz CT molecular complexity index is 870. The molecule has 0 saturated carbocycles. The van der Waals surface area contributed by atoms with Crippen molar-refractivity contribution < 1.29 is 0 Å². The second kappa shape index (κ2) is 46.8. The first-order valence-corrected chi connectivity index (χ1v) is 18.1. The van der Waals surface area contributed by atoms with Gasteiger partial charge in [0.25, 0.3) is 0 Å². The fourth-order valence-corrected chi connectivity index (χ4v) is 2.42. The average molecular weight is 638 g/mol. The van der Waals surface area contributed by atoms with Crippen molar-refractivity contribution in [2.45, 2.75) is 150 Å². The Kier molecular flexibility index (Phi) is 56.7. The van der Waals surface area contributed by atoms with Crippen molar-refractivity contribution >= 4 is 0 Å². The largest absolute Gasteiger partial charge is 0.317 e. The molecule has 1 heteroatoms. The molecular weight excluding hydrogens is 555 g/mol. The van der Waals surface area contributed by atoms with Gasteiger partial charge in [-0.2, -0.15) is 0 Å². The van der Waals surface area contributed by atoms with E-state index in [2.05, 4.69) is 156 Å². The van der Waals surface area contributed by atoms with Gasteiger partial charge in [-0.3, -0.25) is 0 Å². The third-order valence-corrected chi connectivity index (χ3v) is 6.15. The summed E-state index contributed by atoms with van der Waals surface area (Å²) in [6.07, 6.45) is 10.1. The third kappa shape index (κ3) is 57.1. The number of allylic oxidation sites excluding steroid dienone is 5. The lowest BCUT2D eigenvalue weighted by molar-refractivity contribution is 0.567. The molecule has 1 N–H and O–H groups in total. The highest BCUT2D eigenvalue weighted by Crippen LogP contribution is 2.10. The normalized spacial score (nSPS) is 8.98. The van der Waals surface area contributed by atoms with E-state index in [9.17, 15) is 0 Å². The summed E-state index contributed by atoms with van der Waals surface area (Å²) in [5.41, 5.74) is 9.15. The van der Waals surface area contributed by atoms with E-state index in [0.717, 1.165) is 18.7 Å². The van der Waals surface area contributed by atoms with Crippen LogP contribution in [0.1, 0.15) is 145 Å². The van der Waals surface area contributed by atoms with Crippen LogP contribution >= 0.6 is 0 Å². The van der Waals surface area contributed by atoms with E-state index in [4.69, 9.17) is 0 Å². The van der Waals surface area contributed by atoms with Crippen molar-refractivity contribution in [3.63, 3.8) is 0 Å². The minimum absolute atomic E-state index is 0.666. The van der Waals surface area contributed by atoms with Crippen molar-refractivity contribution in [1.29, 1.82) is 0 Å². The highest BCUT2D eigenvalue weighted by molar-refractivity contribution is 5.21. The lowest BCUT2D eigenvalue weighted by Gasteiger charge is -2.10. The molecule has 268 valence electrons. The molecule has 2 aromatic rings. The van der Waals surface area contributed by atoms with Crippen LogP contribution in [-0.2, 0) is 6.42 Å². The molecule has 0 saturated heterocycles. The van der Waals surface area contributed by atoms with E-state index < -0.39 is 0 Å². The molecule has 0 aliphatic heterocycles. The van der Waals surface area contributed by atoms with Crippen molar-refractivity contribution in [1.82, 2.24) is 5.32 Å². The van der Waals surface area contributed by atoms with E-state index in [1.807, 2.05) is 41.5 Å². The lowest BCUT2D eigenvalue weighted by atomic mass is 10.0. The Morgan fingerprint density at radius 3 is 1.24 bits per heavy atom. The van der Waals surface area contributed by atoms with Crippen molar-refractivity contribution in [2.75, 3.05) is 13.1 Å². The molecule has 2 rings (SSSR count). The second-order valence-corrected chi connectivity index (χ2v) is 11.2. The van der Waals surface area contributed by atoms with E-state index in [1.165, 1.54) is 65.5 Å². The van der Waals surface area contributed by atoms with Gasteiger partial charge in [0.15, 0.2) is 0 Å². The van der Waals surface area contributed by atoms with Crippen molar-refractivity contribution in [3.8, 4) is 0 Å². The predicted octanol–water partition coefficient (Wildman–Crippen LogP) is 15.0. The van der Waals surface area contributed by atoms with E-state index in [0.29, 0.717) is 5.92 Å². The highest BCUT2D eigenvalue weighted by Gasteiger charge is 1.99. The van der Waals surface area contributed by atoms with Crippen LogP contribution in [0.3, 0.4) is 0 Å². The van der Waals surface area contributed by atoms with Crippen LogP contribution in [0.15, 0.2) is 97.1 Å². The van der Waals surface area contributed by atoms with Gasteiger partial charge >= 0.3 is 0 Å². The van der Waals surface area contributed by atoms with Crippen LogP contribution in [0.25, 0.3) is 0 Å². The first-order chi connectivity index (χ1) is 21.7. The van der Waals surface area contributed by atoms with Gasteiger partial charge in [0.1, 0.15) is 0 Å². The summed E-state index contributed by atoms with van der Waals surface area (Å²) in [5, 5.41) is 3.29. The number of aryl methyl sites for hydroxylation is 4. The number of benzene rings is 2. The summed E-state index contributed by atoms with van der Waals surface area (Å²) in [6, 6.07) is 17.2. The molecule has 0 aromatic heterocycles. The van der Waals surface area contributed by atoms with E-state index in [1.54, 1.807) is 6.08 Å². The minimum Gasteiger partial charge on any atom is -0.317 e. The zero-order valence-corrected chi connectivity index (χ0v) is 34.4. The molecule has 2 aromatic carbocycles. The zero-order chi connectivity index (χ0) is 37.3. The lowest BCUT2D eigenvalue weighted by Crippen LogP contribution is -2.16. The number of unbranched alkanes of at least 4 members (excludes halogenated alkanes) is 1. The maximum atomic E-state index is 3.91. The Morgan fingerprint density at radius 1 is 0.696 bits per heavy atom. The van der Waals surface area contributed by atoms with Gasteiger partial charge in [-0.1, -0.05) is 195 Å². The minimum atomic E-state index is 0.666. The number of rotatable bonds is 9. The van der Waals surface area contributed by atoms with Gasteiger partial charge in [0, 0.05) is 0 Å². The third-order valence-electron chi connectivity index (χ3n) is 6.15. The van der Waals surface area contributed by atoms with Crippen molar-refractivity contribution in [2.24, 2.45) is 5.92 Å². The molecule has 0 heterocycles. The Balaban J connectivity index is -0.000000105. The van der Waals surface area contributed by atoms with Crippen LogP contribution in [-0.4, -0.2) is 13.1 Å². The topological polar surface area (TPSA) is 12.0 Å². The monoisotopic (exact) mass is 638 g/mol. The van der Waals surface area contributed by atoms with Crippen LogP contribution in [0.5, 0.6) is 0 Å². The fourth-order valence-electron chi connectivity index (χ4n) is 2.42. The van der Waals surface area contributed by atoms with Crippen molar-refractivity contribution in [3.05, 3.63) is 119 Å². The average Bonchev–Trinajstić information content (AvgIpc) is 3.06. The molecule has 0 amide bonds. The van der Waals surface area contributed by atoms with Crippen LogP contribution in [0.4, 0.5) is 0 Å². The molecular formula is C45H83N. The summed E-state index contributed by atoms with van der Waals surface area (Å²) in [7, 11) is 0. The SMILES string of the molecule is C=C(C)C(C)CCNCC.C=CC(=C)C.CC.CC.CC=C(C)C.CCCC.CCCc1ccc(C)cc1.Cc1ccc(C)cc1. The molecule has 0 fully saturated rings. The van der Waals surface area contributed by atoms with Gasteiger partial charge in [-0.05, 0) is 92.8 Å². The molecule has 0 radical (unpaired) electrons. The predicted molar refractivity (Wildman–Crippen MR) is 222 cm³/mol. The van der Waals surface area contributed by atoms with Gasteiger partial charge in [-0.25, -0.2) is 0 Å². The molecule has 0 spiro atoms. The van der Waals surface area contributed by atoms with Gasteiger partial charge < -0.3 is 5.32 Å². The second-order valence-electron chi connectivity index (χ2n) is 11.2. The molecule has 46 heavy (non-hydrogen) atoms. The zero-order valence-electron chi connectivity index (χ0n) is 34.4. The summed E-state index contributed by atoms with van der Waals surface area (Å²) in [4.78, 5) is 0. The van der Waals surface area contributed by atoms with Crippen LogP contribution in [0, 0.1) is 26.7 Å². The Morgan fingerprint density at radius 2 is 1.02 bits per heavy atom. The maximum absolute atomic E-state index is 3.91. The fraction of sp³-hybridized carbons (Fsp3) is 0.556.